The van der Waals surface area contributed by atoms with Crippen LogP contribution >= 0.6 is 22.6 Å². The van der Waals surface area contributed by atoms with Crippen LogP contribution in [-0.2, 0) is 19.6 Å². The van der Waals surface area contributed by atoms with Crippen molar-refractivity contribution in [1.82, 2.24) is 20.3 Å². The highest BCUT2D eigenvalue weighted by Crippen LogP contribution is 2.44. The number of hydrogen-bond acceptors (Lipinski definition) is 9. The van der Waals surface area contributed by atoms with Gasteiger partial charge in [-0.05, 0) is 42.8 Å². The van der Waals surface area contributed by atoms with Gasteiger partial charge < -0.3 is 24.8 Å². The van der Waals surface area contributed by atoms with Crippen LogP contribution in [0.5, 0.6) is 17.5 Å². The molecule has 1 aliphatic heterocycles. The van der Waals surface area contributed by atoms with Crippen molar-refractivity contribution < 1.29 is 32.2 Å². The standard InChI is InChI=1S/C23H27IN4O7S/c1-33-13-3-6-16-12(7-13)8-19(34-2)26-21(16)35-14-9-17(25-11-14)20(29)27-23(10-18(23)24)22(30)28-36(31,32)15-4-5-15/h3,6-8,14-15,17-18,25H,4-5,9-11H2,1-2H3,(H,27,29)(H,28,30)/t14-,17+,18-,23-/m1/s1. The van der Waals surface area contributed by atoms with Crippen LogP contribution in [0.4, 0.5) is 0 Å². The average molecular weight is 630 g/mol. The number of ether oxygens (including phenoxy) is 3. The van der Waals surface area contributed by atoms with E-state index in [1.807, 2.05) is 18.2 Å². The number of halogens is 1. The number of carbonyl (C=O) groups is 2. The second-order valence-corrected chi connectivity index (χ2v) is 12.8. The second-order valence-electron chi connectivity index (χ2n) is 9.30. The van der Waals surface area contributed by atoms with E-state index in [4.69, 9.17) is 14.2 Å². The smallest absolute Gasteiger partial charge is 0.260 e. The number of amides is 2. The predicted molar refractivity (Wildman–Crippen MR) is 139 cm³/mol. The van der Waals surface area contributed by atoms with E-state index in [-0.39, 0.29) is 15.9 Å². The molecule has 0 bridgehead atoms. The molecule has 3 aliphatic rings. The summed E-state index contributed by atoms with van der Waals surface area (Å²) in [5, 5.41) is 7.03. The lowest BCUT2D eigenvalue weighted by atomic mass is 10.1. The van der Waals surface area contributed by atoms with E-state index in [9.17, 15) is 18.0 Å². The number of fused-ring (bicyclic) bond motifs is 1. The molecule has 3 N–H and O–H groups in total. The van der Waals surface area contributed by atoms with Crippen LogP contribution in [0.1, 0.15) is 25.7 Å². The van der Waals surface area contributed by atoms with E-state index in [0.29, 0.717) is 49.7 Å². The number of carbonyl (C=O) groups excluding carboxylic acids is 2. The molecule has 2 aromatic rings. The molecule has 4 atom stereocenters. The first-order valence-electron chi connectivity index (χ1n) is 11.6. The Morgan fingerprint density at radius 3 is 2.58 bits per heavy atom. The highest BCUT2D eigenvalue weighted by Gasteiger charge is 2.61. The number of sulfonamides is 1. The molecule has 194 valence electrons. The van der Waals surface area contributed by atoms with Gasteiger partial charge in [0, 0.05) is 28.3 Å². The highest BCUT2D eigenvalue weighted by molar-refractivity contribution is 14.1. The summed E-state index contributed by atoms with van der Waals surface area (Å²) in [7, 11) is -0.579. The molecule has 2 aliphatic carbocycles. The van der Waals surface area contributed by atoms with Crippen LogP contribution < -0.4 is 29.6 Å². The van der Waals surface area contributed by atoms with Crippen molar-refractivity contribution in [1.29, 1.82) is 0 Å². The molecule has 5 rings (SSSR count). The van der Waals surface area contributed by atoms with Crippen LogP contribution in [0.2, 0.25) is 0 Å². The quantitative estimate of drug-likeness (QED) is 0.273. The molecule has 13 heteroatoms. The van der Waals surface area contributed by atoms with Crippen molar-refractivity contribution in [3.8, 4) is 17.5 Å². The fraction of sp³-hybridized carbons (Fsp3) is 0.522. The number of hydrogen-bond donors (Lipinski definition) is 3. The number of alkyl halides is 1. The Labute approximate surface area is 222 Å². The minimum atomic E-state index is -3.69. The Kier molecular flexibility index (Phi) is 6.66. The minimum Gasteiger partial charge on any atom is -0.497 e. The number of aromatic nitrogens is 1. The molecule has 0 spiro atoms. The van der Waals surface area contributed by atoms with Crippen molar-refractivity contribution in [3.63, 3.8) is 0 Å². The van der Waals surface area contributed by atoms with Crippen LogP contribution in [0.25, 0.3) is 10.8 Å². The SMILES string of the molecule is COc1ccc2c(O[C@H]3CN[C@H](C(=O)N[C@]4(C(=O)NS(=O)(=O)C5CC5)C[C@H]4I)C3)nc(OC)cc2c1. The molecule has 36 heavy (non-hydrogen) atoms. The van der Waals surface area contributed by atoms with E-state index >= 15 is 0 Å². The van der Waals surface area contributed by atoms with E-state index in [1.54, 1.807) is 13.2 Å². The van der Waals surface area contributed by atoms with Gasteiger partial charge in [-0.15, -0.1) is 0 Å². The lowest BCUT2D eigenvalue weighted by Crippen LogP contribution is -2.55. The van der Waals surface area contributed by atoms with Crippen LogP contribution in [-0.4, -0.2) is 72.8 Å². The zero-order valence-corrected chi connectivity index (χ0v) is 22.7. The Hall–Kier alpha value is -2.39. The number of nitrogens with zero attached hydrogens (tertiary/aromatic N) is 1. The van der Waals surface area contributed by atoms with Gasteiger partial charge in [0.05, 0.1) is 25.5 Å². The summed E-state index contributed by atoms with van der Waals surface area (Å²) in [6, 6.07) is 6.73. The lowest BCUT2D eigenvalue weighted by Gasteiger charge is -2.20. The third kappa shape index (κ3) is 4.92. The van der Waals surface area contributed by atoms with E-state index in [0.717, 1.165) is 10.8 Å². The molecule has 1 aromatic heterocycles. The van der Waals surface area contributed by atoms with Gasteiger partial charge in [0.2, 0.25) is 27.7 Å². The molecule has 0 unspecified atom stereocenters. The number of nitrogens with one attached hydrogen (secondary N) is 3. The van der Waals surface area contributed by atoms with Gasteiger partial charge in [0.25, 0.3) is 5.91 Å². The third-order valence-electron chi connectivity index (χ3n) is 6.70. The summed E-state index contributed by atoms with van der Waals surface area (Å²) in [5.41, 5.74) is -1.22. The highest BCUT2D eigenvalue weighted by atomic mass is 127. The number of methoxy groups -OCH3 is 2. The van der Waals surface area contributed by atoms with Crippen molar-refractivity contribution in [2.24, 2.45) is 0 Å². The van der Waals surface area contributed by atoms with Crippen molar-refractivity contribution in [2.75, 3.05) is 20.8 Å². The second kappa shape index (κ2) is 9.49. The Bertz CT molecular complexity index is 1310. The Balaban J connectivity index is 1.25. The molecule has 0 radical (unpaired) electrons. The normalized spacial score (nSPS) is 27.4. The average Bonchev–Trinajstić information content (AvgIpc) is 3.76. The van der Waals surface area contributed by atoms with Gasteiger partial charge in [0.1, 0.15) is 17.4 Å². The fourth-order valence-electron chi connectivity index (χ4n) is 4.29. The van der Waals surface area contributed by atoms with Crippen molar-refractivity contribution in [3.05, 3.63) is 24.3 Å². The fourth-order valence-corrected chi connectivity index (χ4v) is 6.78. The molecular formula is C23H27IN4O7S. The van der Waals surface area contributed by atoms with Crippen LogP contribution in [0.15, 0.2) is 24.3 Å². The van der Waals surface area contributed by atoms with Crippen molar-refractivity contribution >= 4 is 55.2 Å². The number of pyridine rings is 1. The van der Waals surface area contributed by atoms with Gasteiger partial charge in [-0.1, -0.05) is 22.6 Å². The number of rotatable bonds is 9. The lowest BCUT2D eigenvalue weighted by molar-refractivity contribution is -0.129. The molecule has 11 nitrogen and oxygen atoms in total. The molecule has 2 saturated carbocycles. The molecule has 1 saturated heterocycles. The molecule has 1 aromatic carbocycles. The first kappa shape index (κ1) is 25.3. The molecular weight excluding hydrogens is 603 g/mol. The maximum atomic E-state index is 13.0. The maximum Gasteiger partial charge on any atom is 0.260 e. The van der Waals surface area contributed by atoms with Crippen LogP contribution in [0.3, 0.4) is 0 Å². The monoisotopic (exact) mass is 630 g/mol. The molecule has 3 fully saturated rings. The largest absolute Gasteiger partial charge is 0.497 e. The summed E-state index contributed by atoms with van der Waals surface area (Å²) in [4.78, 5) is 30.3. The van der Waals surface area contributed by atoms with Gasteiger partial charge in [0.15, 0.2) is 0 Å². The van der Waals surface area contributed by atoms with Gasteiger partial charge in [-0.25, -0.2) is 8.42 Å². The van der Waals surface area contributed by atoms with E-state index < -0.39 is 32.8 Å². The van der Waals surface area contributed by atoms with Gasteiger partial charge >= 0.3 is 0 Å². The number of benzene rings is 1. The predicted octanol–water partition coefficient (Wildman–Crippen LogP) is 1.03. The summed E-state index contributed by atoms with van der Waals surface area (Å²) >= 11 is 2.06. The van der Waals surface area contributed by atoms with Crippen molar-refractivity contribution in [2.45, 2.75) is 52.5 Å². The zero-order chi connectivity index (χ0) is 25.7. The summed E-state index contributed by atoms with van der Waals surface area (Å²) in [6.45, 7) is 0.400. The summed E-state index contributed by atoms with van der Waals surface area (Å²) in [5.74, 6) is 0.429. The first-order chi connectivity index (χ1) is 17.1. The molecule has 2 amide bonds. The van der Waals surface area contributed by atoms with Gasteiger partial charge in [-0.3, -0.25) is 14.3 Å². The van der Waals surface area contributed by atoms with Crippen LogP contribution in [0, 0.1) is 0 Å². The molecule has 2 heterocycles. The topological polar surface area (TPSA) is 145 Å². The maximum absolute atomic E-state index is 13.0. The Morgan fingerprint density at radius 1 is 1.19 bits per heavy atom. The summed E-state index contributed by atoms with van der Waals surface area (Å²) in [6.07, 6.45) is 1.48. The Morgan fingerprint density at radius 2 is 1.94 bits per heavy atom. The van der Waals surface area contributed by atoms with E-state index in [2.05, 4.69) is 42.9 Å². The van der Waals surface area contributed by atoms with E-state index in [1.165, 1.54) is 7.11 Å². The zero-order valence-electron chi connectivity index (χ0n) is 19.7. The summed E-state index contributed by atoms with van der Waals surface area (Å²) < 4.78 is 43.2. The third-order valence-corrected chi connectivity index (χ3v) is 10.0. The minimum absolute atomic E-state index is 0.189. The van der Waals surface area contributed by atoms with Gasteiger partial charge in [-0.2, -0.15) is 4.98 Å². The first-order valence-corrected chi connectivity index (χ1v) is 14.4.